The first kappa shape index (κ1) is 27.5. The van der Waals surface area contributed by atoms with E-state index < -0.39 is 0 Å². The molecule has 0 bridgehead atoms. The van der Waals surface area contributed by atoms with Crippen LogP contribution >= 0.6 is 0 Å². The largest absolute Gasteiger partial charge is 2.00 e. The molecule has 6 rings (SSSR count). The van der Waals surface area contributed by atoms with Crippen molar-refractivity contribution in [3.63, 3.8) is 0 Å². The molecule has 178 valence electrons. The van der Waals surface area contributed by atoms with Gasteiger partial charge in [-0.1, -0.05) is 73.7 Å². The molecule has 0 saturated heterocycles. The molecule has 0 atom stereocenters. The zero-order valence-corrected chi connectivity index (χ0v) is 23.7. The fourth-order valence-electron chi connectivity index (χ4n) is 4.02. The smallest absolute Gasteiger partial charge is 0.342 e. The van der Waals surface area contributed by atoms with Gasteiger partial charge in [-0.25, -0.2) is 11.1 Å². The van der Waals surface area contributed by atoms with Gasteiger partial charge < -0.3 is 4.57 Å². The first-order chi connectivity index (χ1) is 17.2. The van der Waals surface area contributed by atoms with Crippen LogP contribution in [0.3, 0.4) is 0 Å². The first-order valence-electron chi connectivity index (χ1n) is 12.3. The molecule has 0 aliphatic heterocycles. The van der Waals surface area contributed by atoms with Crippen LogP contribution in [-0.4, -0.2) is 4.57 Å². The molecule has 1 aliphatic carbocycles. The molecular weight excluding hydrogens is 514 g/mol. The molecule has 0 spiro atoms. The van der Waals surface area contributed by atoms with Gasteiger partial charge >= 0.3 is 26.2 Å². The average Bonchev–Trinajstić information content (AvgIpc) is 3.67. The number of benzene rings is 3. The van der Waals surface area contributed by atoms with Crippen LogP contribution in [0.15, 0.2) is 139 Å². The summed E-state index contributed by atoms with van der Waals surface area (Å²) in [6.45, 7) is 4.22. The predicted octanol–water partition coefficient (Wildman–Crippen LogP) is 8.90. The number of rotatable bonds is 4. The Morgan fingerprint density at radius 3 is 1.75 bits per heavy atom. The Morgan fingerprint density at radius 1 is 0.722 bits per heavy atom. The second-order valence-corrected chi connectivity index (χ2v) is 8.80. The van der Waals surface area contributed by atoms with E-state index in [9.17, 15) is 0 Å². The van der Waals surface area contributed by atoms with Gasteiger partial charge in [0.25, 0.3) is 0 Å². The Bertz CT molecular complexity index is 1270. The molecule has 1 heterocycles. The molecule has 0 N–H and O–H groups in total. The summed E-state index contributed by atoms with van der Waals surface area (Å²) in [7, 11) is 0. The van der Waals surface area contributed by atoms with Gasteiger partial charge in [-0.15, -0.1) is 54.4 Å². The van der Waals surface area contributed by atoms with Gasteiger partial charge in [0, 0.05) is 12.4 Å². The number of aryl methyl sites for hydroxylation is 2. The van der Waals surface area contributed by atoms with Crippen molar-refractivity contribution < 1.29 is 26.2 Å². The number of allylic oxidation sites excluding steroid dienone is 4. The van der Waals surface area contributed by atoms with Crippen molar-refractivity contribution in [3.05, 3.63) is 156 Å². The monoisotopic (exact) mass is 545 g/mol. The van der Waals surface area contributed by atoms with Crippen LogP contribution in [0.1, 0.15) is 31.4 Å². The Hall–Kier alpha value is -3.09. The minimum absolute atomic E-state index is 0. The Kier molecular flexibility index (Phi) is 11.1. The third-order valence-electron chi connectivity index (χ3n) is 6.26. The SMILES string of the molecule is CC1=[C-]CC=C1C.[Zr+2].c1ccc(CCc2ccccc2)cc1.c1ccc2[cH-]c(-n3cccc3)cc2c1. The standard InChI is InChI=1S/C14H14.C13H10N.C7H9.Zr/c1-3-7-13(8-4-1)11-12-14-9-5-2-6-10-14;1-2-6-12-10-13(9-11(12)5-1)14-7-3-4-8-14;1-6-4-3-5-7(6)2;/h1-10H,11-12H2;1-10H;4H,3H2,1-2H3;/q;2*-1;+2. The fraction of sp³-hybridized carbons (Fsp3) is 0.147. The van der Waals surface area contributed by atoms with Crippen molar-refractivity contribution >= 4 is 10.8 Å². The van der Waals surface area contributed by atoms with Gasteiger partial charge in [-0.05, 0) is 41.8 Å². The fourth-order valence-corrected chi connectivity index (χ4v) is 4.02. The molecule has 0 unspecified atom stereocenters. The topological polar surface area (TPSA) is 4.93 Å². The van der Waals surface area contributed by atoms with Crippen LogP contribution in [0.2, 0.25) is 0 Å². The Morgan fingerprint density at radius 2 is 1.28 bits per heavy atom. The minimum atomic E-state index is 0. The van der Waals surface area contributed by atoms with Crippen LogP contribution in [0.4, 0.5) is 0 Å². The number of hydrogen-bond acceptors (Lipinski definition) is 0. The maximum Gasteiger partial charge on any atom is 2.00 e. The van der Waals surface area contributed by atoms with Crippen molar-refractivity contribution in [2.24, 2.45) is 0 Å². The van der Waals surface area contributed by atoms with Crippen molar-refractivity contribution in [1.29, 1.82) is 0 Å². The van der Waals surface area contributed by atoms with Crippen LogP contribution in [0.25, 0.3) is 16.5 Å². The summed E-state index contributed by atoms with van der Waals surface area (Å²) in [5.74, 6) is 0. The summed E-state index contributed by atoms with van der Waals surface area (Å²) in [6, 6.07) is 38.2. The van der Waals surface area contributed by atoms with Crippen LogP contribution < -0.4 is 0 Å². The summed E-state index contributed by atoms with van der Waals surface area (Å²) >= 11 is 0. The summed E-state index contributed by atoms with van der Waals surface area (Å²) in [5, 5.41) is 2.60. The number of hydrogen-bond donors (Lipinski definition) is 0. The maximum absolute atomic E-state index is 3.19. The number of aromatic nitrogens is 1. The van der Waals surface area contributed by atoms with E-state index in [1.54, 1.807) is 0 Å². The van der Waals surface area contributed by atoms with Gasteiger partial charge in [-0.2, -0.15) is 6.08 Å². The van der Waals surface area contributed by atoms with E-state index in [0.717, 1.165) is 19.3 Å². The van der Waals surface area contributed by atoms with E-state index >= 15 is 0 Å². The van der Waals surface area contributed by atoms with Gasteiger partial charge in [0.15, 0.2) is 0 Å². The summed E-state index contributed by atoms with van der Waals surface area (Å²) < 4.78 is 2.12. The molecule has 0 saturated carbocycles. The summed E-state index contributed by atoms with van der Waals surface area (Å²) in [4.78, 5) is 0. The summed E-state index contributed by atoms with van der Waals surface area (Å²) in [6.07, 6.45) is 12.8. The van der Waals surface area contributed by atoms with Crippen molar-refractivity contribution in [3.8, 4) is 5.69 Å². The van der Waals surface area contributed by atoms with E-state index in [-0.39, 0.29) is 26.2 Å². The molecule has 1 nitrogen and oxygen atoms in total. The van der Waals surface area contributed by atoms with E-state index in [4.69, 9.17) is 0 Å². The van der Waals surface area contributed by atoms with Gasteiger partial charge in [0.1, 0.15) is 0 Å². The van der Waals surface area contributed by atoms with Crippen molar-refractivity contribution in [1.82, 2.24) is 4.57 Å². The predicted molar refractivity (Wildman–Crippen MR) is 150 cm³/mol. The Labute approximate surface area is 235 Å². The van der Waals surface area contributed by atoms with Crippen LogP contribution in [0.5, 0.6) is 0 Å². The van der Waals surface area contributed by atoms with E-state index in [0.29, 0.717) is 0 Å². The molecule has 0 radical (unpaired) electrons. The second kappa shape index (κ2) is 14.5. The average molecular weight is 547 g/mol. The first-order valence-corrected chi connectivity index (χ1v) is 12.3. The molecule has 4 aromatic carbocycles. The molecule has 5 aromatic rings. The molecule has 2 heteroatoms. The zero-order valence-electron chi connectivity index (χ0n) is 21.2. The van der Waals surface area contributed by atoms with Crippen molar-refractivity contribution in [2.45, 2.75) is 33.1 Å². The van der Waals surface area contributed by atoms with Gasteiger partial charge in [0.2, 0.25) is 0 Å². The minimum Gasteiger partial charge on any atom is -0.342 e. The molecule has 36 heavy (non-hydrogen) atoms. The Balaban J connectivity index is 0.000000157. The normalized spacial score (nSPS) is 11.8. The van der Waals surface area contributed by atoms with Crippen molar-refractivity contribution in [2.75, 3.05) is 0 Å². The maximum atomic E-state index is 3.19. The second-order valence-electron chi connectivity index (χ2n) is 8.80. The van der Waals surface area contributed by atoms with Gasteiger partial charge in [-0.3, -0.25) is 6.08 Å². The third kappa shape index (κ3) is 8.25. The van der Waals surface area contributed by atoms with E-state index in [2.05, 4.69) is 140 Å². The zero-order chi connectivity index (χ0) is 24.3. The van der Waals surface area contributed by atoms with Crippen LogP contribution in [-0.2, 0) is 39.0 Å². The quantitative estimate of drug-likeness (QED) is 0.198. The van der Waals surface area contributed by atoms with Gasteiger partial charge in [0.05, 0.1) is 0 Å². The van der Waals surface area contributed by atoms with E-state index in [1.165, 1.54) is 38.7 Å². The summed E-state index contributed by atoms with van der Waals surface area (Å²) in [5.41, 5.74) is 6.77. The molecular formula is C34H33NZr. The molecule has 1 aliphatic rings. The van der Waals surface area contributed by atoms with Crippen LogP contribution in [0, 0.1) is 6.08 Å². The molecule has 0 amide bonds. The molecule has 1 aromatic heterocycles. The van der Waals surface area contributed by atoms with E-state index in [1.807, 2.05) is 12.1 Å². The number of nitrogens with zero attached hydrogens (tertiary/aromatic N) is 1. The third-order valence-corrected chi connectivity index (χ3v) is 6.26. The number of fused-ring (bicyclic) bond motifs is 1. The molecule has 0 fully saturated rings.